The summed E-state index contributed by atoms with van der Waals surface area (Å²) in [6, 6.07) is 16.3. The summed E-state index contributed by atoms with van der Waals surface area (Å²) in [5, 5.41) is 2.84. The fraction of sp³-hybridized carbons (Fsp3) is 0.0667. The molecule has 102 valence electrons. The number of benzene rings is 2. The van der Waals surface area contributed by atoms with Crippen molar-refractivity contribution >= 4 is 29.3 Å². The van der Waals surface area contributed by atoms with Gasteiger partial charge in [0.05, 0.1) is 11.4 Å². The zero-order valence-electron chi connectivity index (χ0n) is 10.7. The zero-order valence-corrected chi connectivity index (χ0v) is 11.5. The number of carbonyl (C=O) groups excluding carboxylic acids is 2. The Labute approximate surface area is 121 Å². The third kappa shape index (κ3) is 3.86. The van der Waals surface area contributed by atoms with E-state index in [0.717, 1.165) is 4.90 Å². The van der Waals surface area contributed by atoms with Gasteiger partial charge in [0.1, 0.15) is 0 Å². The van der Waals surface area contributed by atoms with Crippen LogP contribution in [0.2, 0.25) is 0 Å². The number of carbonyl (C=O) groups is 2. The van der Waals surface area contributed by atoms with Crippen molar-refractivity contribution < 1.29 is 9.59 Å². The van der Waals surface area contributed by atoms with Crippen molar-refractivity contribution in [3.05, 3.63) is 60.2 Å². The number of para-hydroxylation sites is 1. The monoisotopic (exact) mass is 286 g/mol. The summed E-state index contributed by atoms with van der Waals surface area (Å²) in [6.07, 6.45) is 0. The van der Waals surface area contributed by atoms with E-state index in [2.05, 4.69) is 5.32 Å². The van der Waals surface area contributed by atoms with Crippen LogP contribution in [-0.2, 0) is 4.79 Å². The van der Waals surface area contributed by atoms with Crippen LogP contribution in [0.15, 0.2) is 59.5 Å². The van der Waals surface area contributed by atoms with Crippen molar-refractivity contribution in [2.75, 3.05) is 11.1 Å². The van der Waals surface area contributed by atoms with Crippen molar-refractivity contribution in [2.24, 2.45) is 5.73 Å². The van der Waals surface area contributed by atoms with E-state index in [1.54, 1.807) is 18.2 Å². The zero-order chi connectivity index (χ0) is 14.4. The second-order valence-electron chi connectivity index (χ2n) is 4.07. The molecule has 2 aromatic carbocycles. The van der Waals surface area contributed by atoms with Gasteiger partial charge in [-0.2, -0.15) is 0 Å². The maximum Gasteiger partial charge on any atom is 0.255 e. The van der Waals surface area contributed by atoms with E-state index in [4.69, 9.17) is 5.73 Å². The molecule has 0 atom stereocenters. The molecule has 0 heterocycles. The molecule has 0 saturated heterocycles. The molecule has 0 unspecified atom stereocenters. The fourth-order valence-electron chi connectivity index (χ4n) is 1.63. The average Bonchev–Trinajstić information content (AvgIpc) is 2.47. The van der Waals surface area contributed by atoms with E-state index in [9.17, 15) is 9.59 Å². The van der Waals surface area contributed by atoms with Gasteiger partial charge in [-0.3, -0.25) is 9.59 Å². The molecule has 2 aromatic rings. The van der Waals surface area contributed by atoms with Gasteiger partial charge < -0.3 is 11.1 Å². The number of amides is 2. The molecule has 3 N–H and O–H groups in total. The predicted octanol–water partition coefficient (Wildman–Crippen LogP) is 2.52. The number of anilines is 1. The Kier molecular flexibility index (Phi) is 4.79. The smallest absolute Gasteiger partial charge is 0.255 e. The summed E-state index contributed by atoms with van der Waals surface area (Å²) in [6.45, 7) is 0. The SMILES string of the molecule is NC(=O)CSc1ccccc1NC(=O)c1ccccc1. The van der Waals surface area contributed by atoms with E-state index in [0.29, 0.717) is 11.3 Å². The maximum absolute atomic E-state index is 12.1. The third-order valence-corrected chi connectivity index (χ3v) is 3.64. The normalized spacial score (nSPS) is 10.0. The molecule has 2 amide bonds. The highest BCUT2D eigenvalue weighted by molar-refractivity contribution is 8.00. The summed E-state index contributed by atoms with van der Waals surface area (Å²) >= 11 is 1.30. The highest BCUT2D eigenvalue weighted by Gasteiger charge is 2.09. The van der Waals surface area contributed by atoms with Crippen LogP contribution in [0, 0.1) is 0 Å². The molecule has 0 aliphatic heterocycles. The van der Waals surface area contributed by atoms with Crippen LogP contribution in [0.3, 0.4) is 0 Å². The molecule has 0 bridgehead atoms. The number of rotatable bonds is 5. The molecule has 0 aromatic heterocycles. The van der Waals surface area contributed by atoms with Gasteiger partial charge in [0.25, 0.3) is 5.91 Å². The number of hydrogen-bond donors (Lipinski definition) is 2. The average molecular weight is 286 g/mol. The van der Waals surface area contributed by atoms with Crippen LogP contribution in [0.4, 0.5) is 5.69 Å². The first-order valence-electron chi connectivity index (χ1n) is 6.03. The minimum Gasteiger partial charge on any atom is -0.369 e. The Balaban J connectivity index is 2.13. The van der Waals surface area contributed by atoms with E-state index < -0.39 is 0 Å². The maximum atomic E-state index is 12.1. The molecule has 4 nitrogen and oxygen atoms in total. The molecule has 2 rings (SSSR count). The van der Waals surface area contributed by atoms with Crippen LogP contribution < -0.4 is 11.1 Å². The Hall–Kier alpha value is -2.27. The van der Waals surface area contributed by atoms with Crippen molar-refractivity contribution in [3.8, 4) is 0 Å². The van der Waals surface area contributed by atoms with Gasteiger partial charge in [0.15, 0.2) is 0 Å². The predicted molar refractivity (Wildman–Crippen MR) is 80.8 cm³/mol. The summed E-state index contributed by atoms with van der Waals surface area (Å²) < 4.78 is 0. The molecule has 5 heteroatoms. The van der Waals surface area contributed by atoms with Gasteiger partial charge >= 0.3 is 0 Å². The largest absolute Gasteiger partial charge is 0.369 e. The number of nitrogens with one attached hydrogen (secondary N) is 1. The lowest BCUT2D eigenvalue weighted by molar-refractivity contribution is -0.115. The van der Waals surface area contributed by atoms with Gasteiger partial charge in [0, 0.05) is 10.5 Å². The van der Waals surface area contributed by atoms with Crippen LogP contribution in [0.1, 0.15) is 10.4 Å². The highest BCUT2D eigenvalue weighted by atomic mass is 32.2. The van der Waals surface area contributed by atoms with E-state index >= 15 is 0 Å². The molecule has 0 fully saturated rings. The van der Waals surface area contributed by atoms with Crippen molar-refractivity contribution in [2.45, 2.75) is 4.90 Å². The Morgan fingerprint density at radius 2 is 1.65 bits per heavy atom. The second kappa shape index (κ2) is 6.77. The Morgan fingerprint density at radius 1 is 1.00 bits per heavy atom. The van der Waals surface area contributed by atoms with Crippen molar-refractivity contribution in [3.63, 3.8) is 0 Å². The van der Waals surface area contributed by atoms with Crippen LogP contribution in [-0.4, -0.2) is 17.6 Å². The molecular formula is C15H14N2O2S. The molecule has 0 aliphatic carbocycles. The number of primary amides is 1. The molecule has 0 saturated carbocycles. The topological polar surface area (TPSA) is 72.2 Å². The lowest BCUT2D eigenvalue weighted by Gasteiger charge is -2.10. The van der Waals surface area contributed by atoms with E-state index in [-0.39, 0.29) is 17.6 Å². The molecule has 0 aliphatic rings. The number of hydrogen-bond acceptors (Lipinski definition) is 3. The van der Waals surface area contributed by atoms with E-state index in [1.807, 2.05) is 36.4 Å². The lowest BCUT2D eigenvalue weighted by atomic mass is 10.2. The van der Waals surface area contributed by atoms with Crippen molar-refractivity contribution in [1.29, 1.82) is 0 Å². The molecule has 20 heavy (non-hydrogen) atoms. The molecular weight excluding hydrogens is 272 g/mol. The first-order chi connectivity index (χ1) is 9.66. The first kappa shape index (κ1) is 14.1. The van der Waals surface area contributed by atoms with Gasteiger partial charge in [-0.1, -0.05) is 30.3 Å². The van der Waals surface area contributed by atoms with E-state index in [1.165, 1.54) is 11.8 Å². The highest BCUT2D eigenvalue weighted by Crippen LogP contribution is 2.27. The minimum absolute atomic E-state index is 0.179. The summed E-state index contributed by atoms with van der Waals surface area (Å²) in [4.78, 5) is 23.7. The number of nitrogens with two attached hydrogens (primary N) is 1. The van der Waals surface area contributed by atoms with Crippen molar-refractivity contribution in [1.82, 2.24) is 0 Å². The van der Waals surface area contributed by atoms with Crippen LogP contribution in [0.25, 0.3) is 0 Å². The van der Waals surface area contributed by atoms with Gasteiger partial charge in [-0.15, -0.1) is 11.8 Å². The Bertz CT molecular complexity index is 614. The standard InChI is InChI=1S/C15H14N2O2S/c16-14(18)10-20-13-9-5-4-8-12(13)17-15(19)11-6-2-1-3-7-11/h1-9H,10H2,(H2,16,18)(H,17,19). The summed E-state index contributed by atoms with van der Waals surface area (Å²) in [5.41, 5.74) is 6.39. The minimum atomic E-state index is -0.390. The molecule has 0 spiro atoms. The van der Waals surface area contributed by atoms with Crippen LogP contribution in [0.5, 0.6) is 0 Å². The Morgan fingerprint density at radius 3 is 2.35 bits per heavy atom. The summed E-state index contributed by atoms with van der Waals surface area (Å²) in [5.74, 6) is -0.394. The van der Waals surface area contributed by atoms with Gasteiger partial charge in [-0.05, 0) is 24.3 Å². The fourth-order valence-corrected chi connectivity index (χ4v) is 2.38. The first-order valence-corrected chi connectivity index (χ1v) is 7.02. The molecule has 0 radical (unpaired) electrons. The second-order valence-corrected chi connectivity index (χ2v) is 5.09. The summed E-state index contributed by atoms with van der Waals surface area (Å²) in [7, 11) is 0. The van der Waals surface area contributed by atoms with Crippen LogP contribution >= 0.6 is 11.8 Å². The lowest BCUT2D eigenvalue weighted by Crippen LogP contribution is -2.14. The van der Waals surface area contributed by atoms with Gasteiger partial charge in [0.2, 0.25) is 5.91 Å². The number of thioether (sulfide) groups is 1. The quantitative estimate of drug-likeness (QED) is 0.830. The van der Waals surface area contributed by atoms with Gasteiger partial charge in [-0.25, -0.2) is 0 Å². The third-order valence-electron chi connectivity index (χ3n) is 2.54.